The van der Waals surface area contributed by atoms with Gasteiger partial charge in [0.05, 0.1) is 11.4 Å². The molecule has 0 atom stereocenters. The lowest BCUT2D eigenvalue weighted by atomic mass is 10.1. The Morgan fingerprint density at radius 3 is 2.76 bits per heavy atom. The molecule has 0 saturated carbocycles. The summed E-state index contributed by atoms with van der Waals surface area (Å²) in [5.41, 5.74) is 3.53. The minimum Gasteiger partial charge on any atom is -0.296 e. The molecule has 0 aliphatic carbocycles. The van der Waals surface area contributed by atoms with E-state index >= 15 is 0 Å². The molecule has 4 rings (SSSR count). The Morgan fingerprint density at radius 2 is 1.95 bits per heavy atom. The molecule has 3 nitrogen and oxygen atoms in total. The SMILES string of the molecule is Cc1nc2scc(-c3ccc4ccccc4c3)n2c1C=O. The number of aromatic nitrogens is 2. The van der Waals surface area contributed by atoms with Gasteiger partial charge in [-0.3, -0.25) is 9.20 Å². The van der Waals surface area contributed by atoms with E-state index in [4.69, 9.17) is 0 Å². The molecule has 4 heteroatoms. The van der Waals surface area contributed by atoms with Crippen LogP contribution in [0.4, 0.5) is 0 Å². The number of hydrogen-bond donors (Lipinski definition) is 0. The van der Waals surface area contributed by atoms with Crippen molar-refractivity contribution in [3.05, 3.63) is 59.2 Å². The first-order chi connectivity index (χ1) is 10.3. The summed E-state index contributed by atoms with van der Waals surface area (Å²) >= 11 is 1.56. The fourth-order valence-electron chi connectivity index (χ4n) is 2.67. The van der Waals surface area contributed by atoms with Gasteiger partial charge >= 0.3 is 0 Å². The smallest absolute Gasteiger partial charge is 0.194 e. The summed E-state index contributed by atoms with van der Waals surface area (Å²) in [6.45, 7) is 1.87. The number of aldehydes is 1. The predicted octanol–water partition coefficient (Wildman–Crippen LogP) is 4.34. The molecule has 0 fully saturated rings. The van der Waals surface area contributed by atoms with Crippen LogP contribution in [0.5, 0.6) is 0 Å². The molecule has 0 aliphatic heterocycles. The van der Waals surface area contributed by atoms with Gasteiger partial charge in [-0.2, -0.15) is 0 Å². The highest BCUT2D eigenvalue weighted by molar-refractivity contribution is 7.15. The monoisotopic (exact) mass is 292 g/mol. The lowest BCUT2D eigenvalue weighted by Crippen LogP contribution is -1.93. The van der Waals surface area contributed by atoms with Gasteiger partial charge in [-0.05, 0) is 23.8 Å². The van der Waals surface area contributed by atoms with E-state index in [0.29, 0.717) is 5.69 Å². The number of carbonyl (C=O) groups is 1. The molecule has 0 N–H and O–H groups in total. The predicted molar refractivity (Wildman–Crippen MR) is 86.1 cm³/mol. The Hall–Kier alpha value is -2.46. The largest absolute Gasteiger partial charge is 0.296 e. The molecule has 2 aromatic heterocycles. The van der Waals surface area contributed by atoms with Gasteiger partial charge in [-0.1, -0.05) is 36.4 Å². The highest BCUT2D eigenvalue weighted by Crippen LogP contribution is 2.30. The van der Waals surface area contributed by atoms with E-state index < -0.39 is 0 Å². The van der Waals surface area contributed by atoms with Crippen LogP contribution in [0.2, 0.25) is 0 Å². The van der Waals surface area contributed by atoms with Gasteiger partial charge in [-0.25, -0.2) is 4.98 Å². The second-order valence-electron chi connectivity index (χ2n) is 5.00. The molecule has 2 aromatic carbocycles. The number of thiazole rings is 1. The number of aryl methyl sites for hydroxylation is 1. The lowest BCUT2D eigenvalue weighted by Gasteiger charge is -2.04. The minimum atomic E-state index is 0.634. The summed E-state index contributed by atoms with van der Waals surface area (Å²) < 4.78 is 1.94. The summed E-state index contributed by atoms with van der Waals surface area (Å²) in [7, 11) is 0. The van der Waals surface area contributed by atoms with E-state index in [1.807, 2.05) is 23.5 Å². The van der Waals surface area contributed by atoms with Crippen molar-refractivity contribution in [1.29, 1.82) is 0 Å². The van der Waals surface area contributed by atoms with Crippen LogP contribution < -0.4 is 0 Å². The zero-order valence-corrected chi connectivity index (χ0v) is 12.2. The van der Waals surface area contributed by atoms with Gasteiger partial charge in [0.25, 0.3) is 0 Å². The number of benzene rings is 2. The average molecular weight is 292 g/mol. The molecule has 4 aromatic rings. The Bertz CT molecular complexity index is 981. The summed E-state index contributed by atoms with van der Waals surface area (Å²) in [5.74, 6) is 0. The van der Waals surface area contributed by atoms with Crippen LogP contribution in [0.15, 0.2) is 47.8 Å². The van der Waals surface area contributed by atoms with Gasteiger partial charge in [-0.15, -0.1) is 11.3 Å². The Kier molecular flexibility index (Phi) is 2.65. The molecule has 0 saturated heterocycles. The normalized spacial score (nSPS) is 11.3. The number of carbonyl (C=O) groups excluding carboxylic acids is 1. The molecule has 0 radical (unpaired) electrons. The van der Waals surface area contributed by atoms with E-state index in [9.17, 15) is 4.79 Å². The zero-order chi connectivity index (χ0) is 14.4. The van der Waals surface area contributed by atoms with Crippen molar-refractivity contribution in [2.24, 2.45) is 0 Å². The highest BCUT2D eigenvalue weighted by atomic mass is 32.1. The molecule has 0 amide bonds. The standard InChI is InChI=1S/C17H12N2OS/c1-11-15(9-20)19-16(10-21-17(19)18-11)14-7-6-12-4-2-3-5-13(12)8-14/h2-10H,1H3. The van der Waals surface area contributed by atoms with Crippen molar-refractivity contribution in [2.45, 2.75) is 6.92 Å². The van der Waals surface area contributed by atoms with Crippen molar-refractivity contribution >= 4 is 33.4 Å². The topological polar surface area (TPSA) is 34.4 Å². The maximum absolute atomic E-state index is 11.3. The number of hydrogen-bond acceptors (Lipinski definition) is 3. The quantitative estimate of drug-likeness (QED) is 0.515. The third-order valence-electron chi connectivity index (χ3n) is 3.74. The summed E-state index contributed by atoms with van der Waals surface area (Å²) in [6, 6.07) is 14.6. The molecular formula is C17H12N2OS. The number of rotatable bonds is 2. The molecule has 0 bridgehead atoms. The third-order valence-corrected chi connectivity index (χ3v) is 4.57. The van der Waals surface area contributed by atoms with Crippen LogP contribution >= 0.6 is 11.3 Å². The van der Waals surface area contributed by atoms with Gasteiger partial charge in [0.2, 0.25) is 0 Å². The zero-order valence-electron chi connectivity index (χ0n) is 11.4. The van der Waals surface area contributed by atoms with Crippen LogP contribution in [0.25, 0.3) is 27.0 Å². The number of nitrogens with zero attached hydrogens (tertiary/aromatic N) is 2. The molecule has 102 valence electrons. The average Bonchev–Trinajstić information content (AvgIpc) is 3.04. The Balaban J connectivity index is 2.01. The first kappa shape index (κ1) is 12.3. The first-order valence-electron chi connectivity index (χ1n) is 6.69. The van der Waals surface area contributed by atoms with Crippen LogP contribution in [0.3, 0.4) is 0 Å². The van der Waals surface area contributed by atoms with Crippen LogP contribution in [0.1, 0.15) is 16.2 Å². The maximum atomic E-state index is 11.3. The lowest BCUT2D eigenvalue weighted by molar-refractivity contribution is 0.111. The van der Waals surface area contributed by atoms with E-state index in [1.54, 1.807) is 11.3 Å². The molecular weight excluding hydrogens is 280 g/mol. The maximum Gasteiger partial charge on any atom is 0.194 e. The van der Waals surface area contributed by atoms with Gasteiger partial charge in [0.1, 0.15) is 5.69 Å². The number of fused-ring (bicyclic) bond motifs is 2. The highest BCUT2D eigenvalue weighted by Gasteiger charge is 2.14. The second kappa shape index (κ2) is 4.53. The van der Waals surface area contributed by atoms with Crippen molar-refractivity contribution < 1.29 is 4.79 Å². The van der Waals surface area contributed by atoms with E-state index in [1.165, 1.54) is 10.8 Å². The van der Waals surface area contributed by atoms with Crippen LogP contribution in [-0.4, -0.2) is 15.7 Å². The molecule has 0 unspecified atom stereocenters. The van der Waals surface area contributed by atoms with E-state index in [0.717, 1.165) is 28.2 Å². The van der Waals surface area contributed by atoms with Crippen LogP contribution in [-0.2, 0) is 0 Å². The first-order valence-corrected chi connectivity index (χ1v) is 7.57. The minimum absolute atomic E-state index is 0.634. The van der Waals surface area contributed by atoms with Crippen molar-refractivity contribution in [1.82, 2.24) is 9.38 Å². The van der Waals surface area contributed by atoms with Crippen molar-refractivity contribution in [3.63, 3.8) is 0 Å². The molecule has 2 heterocycles. The summed E-state index contributed by atoms with van der Waals surface area (Å²) in [5, 5.41) is 4.46. The molecule has 0 spiro atoms. The van der Waals surface area contributed by atoms with Crippen molar-refractivity contribution in [3.8, 4) is 11.3 Å². The Labute approximate surface area is 125 Å². The van der Waals surface area contributed by atoms with Crippen molar-refractivity contribution in [2.75, 3.05) is 0 Å². The fraction of sp³-hybridized carbons (Fsp3) is 0.0588. The fourth-order valence-corrected chi connectivity index (χ4v) is 3.62. The molecule has 21 heavy (non-hydrogen) atoms. The second-order valence-corrected chi connectivity index (χ2v) is 5.84. The summed E-state index contributed by atoms with van der Waals surface area (Å²) in [4.78, 5) is 16.6. The third kappa shape index (κ3) is 1.80. The van der Waals surface area contributed by atoms with E-state index in [2.05, 4.69) is 40.7 Å². The Morgan fingerprint density at radius 1 is 1.14 bits per heavy atom. The van der Waals surface area contributed by atoms with Gasteiger partial charge in [0, 0.05) is 10.9 Å². The molecule has 0 aliphatic rings. The summed E-state index contributed by atoms with van der Waals surface area (Å²) in [6.07, 6.45) is 0.882. The number of imidazole rings is 1. The van der Waals surface area contributed by atoms with Gasteiger partial charge in [0.15, 0.2) is 11.2 Å². The van der Waals surface area contributed by atoms with Gasteiger partial charge < -0.3 is 0 Å². The van der Waals surface area contributed by atoms with Crippen LogP contribution in [0, 0.1) is 6.92 Å². The van der Waals surface area contributed by atoms with E-state index in [-0.39, 0.29) is 0 Å².